The van der Waals surface area contributed by atoms with Crippen LogP contribution >= 0.6 is 27.7 Å². The van der Waals surface area contributed by atoms with Crippen LogP contribution in [0, 0.1) is 12.3 Å². The van der Waals surface area contributed by atoms with Gasteiger partial charge in [-0.15, -0.1) is 6.42 Å². The fraction of sp³-hybridized carbons (Fsp3) is 0.520. The Balaban J connectivity index is 1.59. The number of ether oxygens (including phenoxy) is 1. The van der Waals surface area contributed by atoms with Crippen LogP contribution in [0.15, 0.2) is 32.6 Å². The van der Waals surface area contributed by atoms with Crippen molar-refractivity contribution in [3.8, 4) is 18.1 Å². The highest BCUT2D eigenvalue weighted by Gasteiger charge is 2.39. The number of rotatable bonds is 5. The van der Waals surface area contributed by atoms with E-state index in [1.54, 1.807) is 11.8 Å². The number of carbonyl (C=O) groups is 1. The van der Waals surface area contributed by atoms with Crippen molar-refractivity contribution < 1.29 is 9.53 Å². The van der Waals surface area contributed by atoms with E-state index >= 15 is 0 Å². The molecule has 0 bridgehead atoms. The lowest BCUT2D eigenvalue weighted by molar-refractivity contribution is -0.124. The van der Waals surface area contributed by atoms with Crippen LogP contribution in [-0.2, 0) is 4.79 Å². The largest absolute Gasteiger partial charge is 0.480 e. The molecule has 3 aliphatic rings. The first-order valence-electron chi connectivity index (χ1n) is 11.3. The van der Waals surface area contributed by atoms with Gasteiger partial charge in [0.1, 0.15) is 12.4 Å². The third kappa shape index (κ3) is 5.56. The van der Waals surface area contributed by atoms with Crippen LogP contribution < -0.4 is 4.74 Å². The summed E-state index contributed by atoms with van der Waals surface area (Å²) in [6, 6.07) is 6.45. The lowest BCUT2D eigenvalue weighted by Gasteiger charge is -2.31. The third-order valence-corrected chi connectivity index (χ3v) is 7.83. The first-order chi connectivity index (χ1) is 15.2. The van der Waals surface area contributed by atoms with Crippen molar-refractivity contribution in [1.29, 1.82) is 0 Å². The number of hydrogen-bond donors (Lipinski definition) is 0. The summed E-state index contributed by atoms with van der Waals surface area (Å²) in [4.78, 5) is 21.3. The van der Waals surface area contributed by atoms with Gasteiger partial charge in [-0.25, -0.2) is 0 Å². The van der Waals surface area contributed by atoms with E-state index in [9.17, 15) is 4.79 Å². The molecule has 6 heteroatoms. The average Bonchev–Trinajstić information content (AvgIpc) is 3.09. The lowest BCUT2D eigenvalue weighted by atomic mass is 9.94. The Kier molecular flexibility index (Phi) is 7.79. The minimum Gasteiger partial charge on any atom is -0.480 e. The summed E-state index contributed by atoms with van der Waals surface area (Å²) in [5.74, 6) is 3.28. The Labute approximate surface area is 198 Å². The molecule has 3 fully saturated rings. The molecule has 4 nitrogen and oxygen atoms in total. The molecule has 2 saturated carbocycles. The number of aliphatic imine (C=N–C) groups is 1. The molecule has 1 saturated heterocycles. The predicted molar refractivity (Wildman–Crippen MR) is 132 cm³/mol. The minimum atomic E-state index is 0.107. The van der Waals surface area contributed by atoms with Gasteiger partial charge in [-0.2, -0.15) is 0 Å². The van der Waals surface area contributed by atoms with Crippen LogP contribution in [0.5, 0.6) is 5.75 Å². The second kappa shape index (κ2) is 10.7. The van der Waals surface area contributed by atoms with Crippen LogP contribution in [0.4, 0.5) is 0 Å². The van der Waals surface area contributed by atoms with Gasteiger partial charge < -0.3 is 4.74 Å². The number of halogens is 1. The third-order valence-electron chi connectivity index (χ3n) is 6.21. The molecule has 0 aromatic heterocycles. The summed E-state index contributed by atoms with van der Waals surface area (Å²) in [6.07, 6.45) is 19.1. The van der Waals surface area contributed by atoms with Gasteiger partial charge in [-0.1, -0.05) is 50.5 Å². The molecule has 1 heterocycles. The van der Waals surface area contributed by atoms with E-state index in [4.69, 9.17) is 16.2 Å². The molecule has 0 N–H and O–H groups in total. The number of carbonyl (C=O) groups excluding carboxylic acids is 1. The van der Waals surface area contributed by atoms with Gasteiger partial charge >= 0.3 is 0 Å². The van der Waals surface area contributed by atoms with Crippen molar-refractivity contribution in [2.24, 2.45) is 4.99 Å². The predicted octanol–water partition coefficient (Wildman–Crippen LogP) is 6.40. The zero-order chi connectivity index (χ0) is 21.6. The molecule has 0 atom stereocenters. The van der Waals surface area contributed by atoms with E-state index in [0.717, 1.165) is 45.8 Å². The van der Waals surface area contributed by atoms with Gasteiger partial charge in [0, 0.05) is 6.04 Å². The van der Waals surface area contributed by atoms with Gasteiger partial charge in [0.05, 0.1) is 15.4 Å². The SMILES string of the molecule is C#CCOc1ccc(C=C2SC(=NC3CCCCC3)N(C3CCCCC3)C2=O)cc1Br. The van der Waals surface area contributed by atoms with Crippen molar-refractivity contribution in [1.82, 2.24) is 4.90 Å². The Morgan fingerprint density at radius 2 is 1.87 bits per heavy atom. The summed E-state index contributed by atoms with van der Waals surface area (Å²) in [6.45, 7) is 0.227. The maximum atomic E-state index is 13.5. The number of amidine groups is 1. The molecule has 0 radical (unpaired) electrons. The first-order valence-corrected chi connectivity index (χ1v) is 12.9. The highest BCUT2D eigenvalue weighted by atomic mass is 79.9. The molecule has 164 valence electrons. The molecule has 1 aromatic rings. The highest BCUT2D eigenvalue weighted by Crippen LogP contribution is 2.39. The van der Waals surface area contributed by atoms with Gasteiger partial charge in [0.25, 0.3) is 5.91 Å². The summed E-state index contributed by atoms with van der Waals surface area (Å²) in [5, 5.41) is 0.920. The number of terminal acetylenes is 1. The molecular weight excluding hydrogens is 472 g/mol. The second-order valence-corrected chi connectivity index (χ2v) is 10.3. The molecule has 1 amide bonds. The van der Waals surface area contributed by atoms with E-state index in [1.807, 2.05) is 29.2 Å². The minimum absolute atomic E-state index is 0.107. The fourth-order valence-electron chi connectivity index (χ4n) is 4.60. The van der Waals surface area contributed by atoms with Crippen molar-refractivity contribution in [2.75, 3.05) is 6.61 Å². The van der Waals surface area contributed by atoms with E-state index in [0.29, 0.717) is 11.8 Å². The summed E-state index contributed by atoms with van der Waals surface area (Å²) >= 11 is 5.09. The standard InChI is InChI=1S/C25H29BrN2O2S/c1-2-15-30-22-14-13-18(16-21(22)26)17-23-24(29)28(20-11-7-4-8-12-20)25(31-23)27-19-9-5-3-6-10-19/h1,13-14,16-17,19-20H,3-12,15H2. The Morgan fingerprint density at radius 1 is 1.16 bits per heavy atom. The summed E-state index contributed by atoms with van der Waals surface area (Å²) < 4.78 is 6.35. The monoisotopic (exact) mass is 500 g/mol. The van der Waals surface area contributed by atoms with Crippen LogP contribution in [0.2, 0.25) is 0 Å². The van der Waals surface area contributed by atoms with E-state index < -0.39 is 0 Å². The normalized spacial score (nSPS) is 23.5. The zero-order valence-electron chi connectivity index (χ0n) is 17.8. The van der Waals surface area contributed by atoms with Gasteiger partial charge in [0.2, 0.25) is 0 Å². The molecule has 4 rings (SSSR count). The zero-order valence-corrected chi connectivity index (χ0v) is 20.2. The van der Waals surface area contributed by atoms with E-state index in [2.05, 4.69) is 21.9 Å². The molecule has 0 spiro atoms. The second-order valence-electron chi connectivity index (χ2n) is 8.46. The number of nitrogens with zero attached hydrogens (tertiary/aromatic N) is 2. The van der Waals surface area contributed by atoms with Crippen molar-refractivity contribution >= 4 is 44.8 Å². The number of benzene rings is 1. The molecule has 31 heavy (non-hydrogen) atoms. The van der Waals surface area contributed by atoms with E-state index in [1.165, 1.54) is 38.5 Å². The van der Waals surface area contributed by atoms with Crippen LogP contribution in [0.1, 0.15) is 69.8 Å². The first kappa shape index (κ1) is 22.5. The van der Waals surface area contributed by atoms with Gasteiger partial charge in [-0.3, -0.25) is 14.7 Å². The Bertz CT molecular complexity index is 909. The molecule has 1 aliphatic heterocycles. The molecule has 0 unspecified atom stereocenters. The smallest absolute Gasteiger partial charge is 0.266 e. The Hall–Kier alpha value is -1.71. The molecular formula is C25H29BrN2O2S. The topological polar surface area (TPSA) is 41.9 Å². The van der Waals surface area contributed by atoms with Crippen LogP contribution in [-0.4, -0.2) is 34.7 Å². The average molecular weight is 501 g/mol. The lowest BCUT2D eigenvalue weighted by Crippen LogP contribution is -2.41. The summed E-state index contributed by atoms with van der Waals surface area (Å²) in [5.41, 5.74) is 0.957. The van der Waals surface area contributed by atoms with Crippen LogP contribution in [0.3, 0.4) is 0 Å². The fourth-order valence-corrected chi connectivity index (χ4v) is 6.22. The van der Waals surface area contributed by atoms with Crippen molar-refractivity contribution in [2.45, 2.75) is 76.3 Å². The maximum Gasteiger partial charge on any atom is 0.266 e. The van der Waals surface area contributed by atoms with Crippen molar-refractivity contribution in [3.63, 3.8) is 0 Å². The van der Waals surface area contributed by atoms with E-state index in [-0.39, 0.29) is 18.6 Å². The molecule has 2 aliphatic carbocycles. The van der Waals surface area contributed by atoms with Gasteiger partial charge in [0.15, 0.2) is 5.17 Å². The summed E-state index contributed by atoms with van der Waals surface area (Å²) in [7, 11) is 0. The maximum absolute atomic E-state index is 13.5. The molecule has 1 aromatic carbocycles. The quantitative estimate of drug-likeness (QED) is 0.347. The van der Waals surface area contributed by atoms with Crippen LogP contribution in [0.25, 0.3) is 6.08 Å². The number of amides is 1. The van der Waals surface area contributed by atoms with Gasteiger partial charge in [-0.05, 0) is 77.1 Å². The Morgan fingerprint density at radius 3 is 2.55 bits per heavy atom. The highest BCUT2D eigenvalue weighted by molar-refractivity contribution is 9.10. The van der Waals surface area contributed by atoms with Crippen molar-refractivity contribution in [3.05, 3.63) is 33.1 Å². The number of thioether (sulfide) groups is 1. The number of hydrogen-bond acceptors (Lipinski definition) is 4.